The largest absolute Gasteiger partial charge is 0.497 e. The Balaban J connectivity index is 1.72. The number of rotatable bonds is 6. The number of anilines is 1. The van der Waals surface area contributed by atoms with Crippen molar-refractivity contribution in [2.75, 3.05) is 20.0 Å². The second-order valence-corrected chi connectivity index (χ2v) is 6.79. The van der Waals surface area contributed by atoms with Crippen LogP contribution in [0.5, 0.6) is 11.5 Å². The van der Waals surface area contributed by atoms with Gasteiger partial charge in [-0.1, -0.05) is 23.7 Å². The van der Waals surface area contributed by atoms with E-state index in [1.807, 2.05) is 29.6 Å². The maximum absolute atomic E-state index is 12.4. The van der Waals surface area contributed by atoms with E-state index in [4.69, 9.17) is 31.5 Å². The number of carbonyl (C=O) groups is 1. The van der Waals surface area contributed by atoms with Crippen LogP contribution in [-0.4, -0.2) is 25.2 Å². The average molecular weight is 405 g/mol. The van der Waals surface area contributed by atoms with E-state index >= 15 is 0 Å². The number of carbonyl (C=O) groups excluding carboxylic acids is 1. The first kappa shape index (κ1) is 19.0. The number of methoxy groups -OCH3 is 2. The van der Waals surface area contributed by atoms with E-state index in [0.29, 0.717) is 17.1 Å². The number of halogens is 1. The molecule has 6 nitrogen and oxygen atoms in total. The molecule has 0 aliphatic carbocycles. The molecule has 2 aromatic carbocycles. The second-order valence-electron chi connectivity index (χ2n) is 5.53. The van der Waals surface area contributed by atoms with Crippen molar-refractivity contribution >= 4 is 34.6 Å². The molecule has 0 fully saturated rings. The number of hydrogen-bond acceptors (Lipinski definition) is 7. The summed E-state index contributed by atoms with van der Waals surface area (Å²) in [4.78, 5) is 16.9. The number of esters is 1. The molecule has 0 aliphatic heterocycles. The molecule has 0 atom stereocenters. The van der Waals surface area contributed by atoms with Crippen LogP contribution in [0.4, 0.5) is 5.69 Å². The molecule has 0 unspecified atom stereocenters. The zero-order valence-corrected chi connectivity index (χ0v) is 16.3. The molecular weight excluding hydrogens is 388 g/mol. The normalized spacial score (nSPS) is 10.5. The van der Waals surface area contributed by atoms with Crippen molar-refractivity contribution < 1.29 is 19.0 Å². The maximum atomic E-state index is 12.4. The lowest BCUT2D eigenvalue weighted by Gasteiger charge is -2.10. The number of nitrogens with zero attached hydrogens (tertiary/aromatic N) is 1. The predicted octanol–water partition coefficient (Wildman–Crippen LogP) is 4.42. The summed E-state index contributed by atoms with van der Waals surface area (Å²) in [5, 5.41) is 2.92. The van der Waals surface area contributed by atoms with Crippen LogP contribution >= 0.6 is 22.9 Å². The molecule has 27 heavy (non-hydrogen) atoms. The standard InChI is InChI=1S/C19H17ClN2O4S/c1-24-13-5-3-4-11(6-13)18-22-12(10-27-18)9-26-19(23)14-7-15(20)16(21)8-17(14)25-2/h3-8,10H,9,21H2,1-2H3. The van der Waals surface area contributed by atoms with E-state index in [1.54, 1.807) is 7.11 Å². The summed E-state index contributed by atoms with van der Waals surface area (Å²) in [5.41, 5.74) is 7.84. The van der Waals surface area contributed by atoms with Crippen molar-refractivity contribution in [2.24, 2.45) is 0 Å². The van der Waals surface area contributed by atoms with Gasteiger partial charge in [-0.15, -0.1) is 11.3 Å². The van der Waals surface area contributed by atoms with E-state index in [0.717, 1.165) is 16.3 Å². The Morgan fingerprint density at radius 3 is 2.78 bits per heavy atom. The van der Waals surface area contributed by atoms with Gasteiger partial charge < -0.3 is 19.9 Å². The van der Waals surface area contributed by atoms with E-state index < -0.39 is 5.97 Å². The van der Waals surface area contributed by atoms with Crippen LogP contribution < -0.4 is 15.2 Å². The number of nitrogens with two attached hydrogens (primary N) is 1. The van der Waals surface area contributed by atoms with Gasteiger partial charge in [0.15, 0.2) is 0 Å². The third-order valence-corrected chi connectivity index (χ3v) is 5.03. The summed E-state index contributed by atoms with van der Waals surface area (Å²) in [5.74, 6) is 0.491. The molecule has 1 aromatic heterocycles. The molecule has 0 bridgehead atoms. The Kier molecular flexibility index (Phi) is 5.83. The third kappa shape index (κ3) is 4.32. The predicted molar refractivity (Wildman–Crippen MR) is 106 cm³/mol. The molecule has 1 heterocycles. The van der Waals surface area contributed by atoms with Gasteiger partial charge in [-0.2, -0.15) is 0 Å². The highest BCUT2D eigenvalue weighted by Gasteiger charge is 2.17. The van der Waals surface area contributed by atoms with E-state index in [9.17, 15) is 4.79 Å². The minimum absolute atomic E-state index is 0.0322. The lowest BCUT2D eigenvalue weighted by atomic mass is 10.2. The topological polar surface area (TPSA) is 83.7 Å². The SMILES string of the molecule is COc1cccc(-c2nc(COC(=O)c3cc(Cl)c(N)cc3OC)cs2)c1. The number of benzene rings is 2. The first-order valence-electron chi connectivity index (χ1n) is 7.90. The molecule has 0 saturated carbocycles. The van der Waals surface area contributed by atoms with Crippen molar-refractivity contribution in [1.29, 1.82) is 0 Å². The summed E-state index contributed by atoms with van der Waals surface area (Å²) >= 11 is 7.45. The fourth-order valence-corrected chi connectivity index (χ4v) is 3.34. The number of hydrogen-bond donors (Lipinski definition) is 1. The molecule has 0 radical (unpaired) electrons. The first-order chi connectivity index (χ1) is 13.0. The van der Waals surface area contributed by atoms with Crippen molar-refractivity contribution in [2.45, 2.75) is 6.61 Å². The van der Waals surface area contributed by atoms with Crippen LogP contribution in [-0.2, 0) is 11.3 Å². The third-order valence-electron chi connectivity index (χ3n) is 3.76. The quantitative estimate of drug-likeness (QED) is 0.483. The summed E-state index contributed by atoms with van der Waals surface area (Å²) < 4.78 is 15.7. The molecule has 0 spiro atoms. The van der Waals surface area contributed by atoms with Gasteiger partial charge in [-0.3, -0.25) is 0 Å². The van der Waals surface area contributed by atoms with Gasteiger partial charge in [0.2, 0.25) is 0 Å². The van der Waals surface area contributed by atoms with Gasteiger partial charge in [0.25, 0.3) is 0 Å². The smallest absolute Gasteiger partial charge is 0.342 e. The minimum atomic E-state index is -0.565. The van der Waals surface area contributed by atoms with Crippen LogP contribution in [0.2, 0.25) is 5.02 Å². The van der Waals surface area contributed by atoms with Crippen LogP contribution in [0.25, 0.3) is 10.6 Å². The lowest BCUT2D eigenvalue weighted by molar-refractivity contribution is 0.0465. The Bertz CT molecular complexity index is 974. The number of aromatic nitrogens is 1. The van der Waals surface area contributed by atoms with Crippen molar-refractivity contribution in [3.8, 4) is 22.1 Å². The van der Waals surface area contributed by atoms with E-state index in [1.165, 1.54) is 30.6 Å². The van der Waals surface area contributed by atoms with Crippen LogP contribution in [0.15, 0.2) is 41.8 Å². The highest BCUT2D eigenvalue weighted by atomic mass is 35.5. The molecule has 0 saturated heterocycles. The van der Waals surface area contributed by atoms with Gasteiger partial charge >= 0.3 is 5.97 Å². The molecular formula is C19H17ClN2O4S. The Morgan fingerprint density at radius 2 is 2.04 bits per heavy atom. The average Bonchev–Trinajstić information content (AvgIpc) is 3.17. The van der Waals surface area contributed by atoms with Crippen molar-refractivity contribution in [1.82, 2.24) is 4.98 Å². The Hall–Kier alpha value is -2.77. The summed E-state index contributed by atoms with van der Waals surface area (Å²) in [6.45, 7) is 0.0322. The summed E-state index contributed by atoms with van der Waals surface area (Å²) in [6.07, 6.45) is 0. The molecule has 8 heteroatoms. The molecule has 2 N–H and O–H groups in total. The number of thiazole rings is 1. The summed E-state index contributed by atoms with van der Waals surface area (Å²) in [7, 11) is 3.06. The fourth-order valence-electron chi connectivity index (χ4n) is 2.38. The number of ether oxygens (including phenoxy) is 3. The maximum Gasteiger partial charge on any atom is 0.342 e. The molecule has 0 amide bonds. The fraction of sp³-hybridized carbons (Fsp3) is 0.158. The van der Waals surface area contributed by atoms with Crippen LogP contribution in [0, 0.1) is 0 Å². The zero-order chi connectivity index (χ0) is 19.4. The minimum Gasteiger partial charge on any atom is -0.497 e. The van der Waals surface area contributed by atoms with Crippen LogP contribution in [0.1, 0.15) is 16.1 Å². The Labute approximate surface area is 165 Å². The highest BCUT2D eigenvalue weighted by molar-refractivity contribution is 7.13. The monoisotopic (exact) mass is 404 g/mol. The zero-order valence-electron chi connectivity index (χ0n) is 14.7. The van der Waals surface area contributed by atoms with Gasteiger partial charge in [-0.25, -0.2) is 9.78 Å². The van der Waals surface area contributed by atoms with E-state index in [-0.39, 0.29) is 17.2 Å². The lowest BCUT2D eigenvalue weighted by Crippen LogP contribution is -2.08. The molecule has 0 aliphatic rings. The molecule has 3 aromatic rings. The first-order valence-corrected chi connectivity index (χ1v) is 9.16. The van der Waals surface area contributed by atoms with Crippen molar-refractivity contribution in [3.05, 3.63) is 58.1 Å². The van der Waals surface area contributed by atoms with Crippen molar-refractivity contribution in [3.63, 3.8) is 0 Å². The van der Waals surface area contributed by atoms with Gasteiger partial charge in [0.1, 0.15) is 28.7 Å². The van der Waals surface area contributed by atoms with Crippen LogP contribution in [0.3, 0.4) is 0 Å². The highest BCUT2D eigenvalue weighted by Crippen LogP contribution is 2.30. The number of nitrogen functional groups attached to an aromatic ring is 1. The van der Waals surface area contributed by atoms with Gasteiger partial charge in [-0.05, 0) is 18.2 Å². The van der Waals surface area contributed by atoms with Gasteiger partial charge in [0, 0.05) is 17.0 Å². The molecule has 3 rings (SSSR count). The molecule has 140 valence electrons. The van der Waals surface area contributed by atoms with Gasteiger partial charge in [0.05, 0.1) is 30.6 Å². The summed E-state index contributed by atoms with van der Waals surface area (Å²) in [6, 6.07) is 10.5. The second kappa shape index (κ2) is 8.28. The van der Waals surface area contributed by atoms with E-state index in [2.05, 4.69) is 4.98 Å². The Morgan fingerprint density at radius 1 is 1.22 bits per heavy atom.